The van der Waals surface area contributed by atoms with Crippen LogP contribution in [0.25, 0.3) is 10.2 Å². The Morgan fingerprint density at radius 2 is 2.10 bits per heavy atom. The minimum Gasteiger partial charge on any atom is -0.397 e. The molecular formula is C20H27N5O4S. The first-order valence-electron chi connectivity index (χ1n) is 10.2. The SMILES string of the molecule is NC(=O)c1sc2nccc(N3CCC[C@H](COCC(=O)N4CCOCC4)C3)c2c1N. The second-order valence-electron chi connectivity index (χ2n) is 7.68. The third-order valence-electron chi connectivity index (χ3n) is 5.63. The van der Waals surface area contributed by atoms with Gasteiger partial charge in [-0.15, -0.1) is 11.3 Å². The van der Waals surface area contributed by atoms with E-state index in [4.69, 9.17) is 20.9 Å². The van der Waals surface area contributed by atoms with E-state index in [9.17, 15) is 9.59 Å². The summed E-state index contributed by atoms with van der Waals surface area (Å²) >= 11 is 1.23. The molecule has 4 N–H and O–H groups in total. The van der Waals surface area contributed by atoms with E-state index >= 15 is 0 Å². The molecule has 2 aromatic rings. The summed E-state index contributed by atoms with van der Waals surface area (Å²) < 4.78 is 11.0. The fourth-order valence-electron chi connectivity index (χ4n) is 4.11. The summed E-state index contributed by atoms with van der Waals surface area (Å²) in [5.74, 6) is -0.196. The van der Waals surface area contributed by atoms with Crippen LogP contribution in [0.1, 0.15) is 22.5 Å². The molecule has 4 rings (SSSR count). The van der Waals surface area contributed by atoms with Crippen molar-refractivity contribution in [2.24, 2.45) is 11.7 Å². The second-order valence-corrected chi connectivity index (χ2v) is 8.68. The molecule has 9 nitrogen and oxygen atoms in total. The van der Waals surface area contributed by atoms with Crippen molar-refractivity contribution < 1.29 is 19.1 Å². The number of anilines is 2. The topological polar surface area (TPSA) is 124 Å². The number of hydrogen-bond acceptors (Lipinski definition) is 8. The zero-order valence-corrected chi connectivity index (χ0v) is 17.7. The van der Waals surface area contributed by atoms with Gasteiger partial charge in [0.25, 0.3) is 5.91 Å². The van der Waals surface area contributed by atoms with Gasteiger partial charge in [-0.3, -0.25) is 9.59 Å². The lowest BCUT2D eigenvalue weighted by Gasteiger charge is -2.35. The number of nitrogens with zero attached hydrogens (tertiary/aromatic N) is 3. The number of carbonyl (C=O) groups is 2. The number of aromatic nitrogens is 1. The molecule has 0 spiro atoms. The molecule has 0 bridgehead atoms. The molecule has 162 valence electrons. The minimum absolute atomic E-state index is 0.0202. The maximum Gasteiger partial charge on any atom is 0.260 e. The average molecular weight is 434 g/mol. The van der Waals surface area contributed by atoms with E-state index in [-0.39, 0.29) is 12.5 Å². The molecule has 0 unspecified atom stereocenters. The Labute approximate surface area is 178 Å². The molecule has 2 aliphatic rings. The number of pyridine rings is 1. The molecule has 2 fully saturated rings. The summed E-state index contributed by atoms with van der Waals surface area (Å²) in [4.78, 5) is 33.4. The van der Waals surface area contributed by atoms with Gasteiger partial charge >= 0.3 is 0 Å². The highest BCUT2D eigenvalue weighted by Crippen LogP contribution is 2.39. The minimum atomic E-state index is -0.531. The molecule has 1 atom stereocenters. The zero-order valence-electron chi connectivity index (χ0n) is 16.8. The van der Waals surface area contributed by atoms with E-state index in [1.54, 1.807) is 11.1 Å². The molecule has 30 heavy (non-hydrogen) atoms. The Balaban J connectivity index is 1.39. The molecule has 10 heteroatoms. The number of amides is 2. The summed E-state index contributed by atoms with van der Waals surface area (Å²) in [5.41, 5.74) is 13.1. The number of hydrogen-bond donors (Lipinski definition) is 2. The van der Waals surface area contributed by atoms with Crippen LogP contribution >= 0.6 is 11.3 Å². The lowest BCUT2D eigenvalue weighted by molar-refractivity contribution is -0.140. The van der Waals surface area contributed by atoms with Crippen LogP contribution in [0.5, 0.6) is 0 Å². The van der Waals surface area contributed by atoms with Crippen LogP contribution in [0.15, 0.2) is 12.3 Å². The molecule has 2 amide bonds. The van der Waals surface area contributed by atoms with Gasteiger partial charge in [-0.05, 0) is 24.8 Å². The average Bonchev–Trinajstić information content (AvgIpc) is 3.11. The lowest BCUT2D eigenvalue weighted by Crippen LogP contribution is -2.43. The van der Waals surface area contributed by atoms with Crippen LogP contribution in [0.3, 0.4) is 0 Å². The van der Waals surface area contributed by atoms with Crippen molar-refractivity contribution in [2.75, 3.05) is 63.2 Å². The van der Waals surface area contributed by atoms with Crippen molar-refractivity contribution >= 4 is 44.7 Å². The van der Waals surface area contributed by atoms with Gasteiger partial charge < -0.3 is 30.7 Å². The molecular weight excluding hydrogens is 406 g/mol. The summed E-state index contributed by atoms with van der Waals surface area (Å²) in [6.07, 6.45) is 3.80. The monoisotopic (exact) mass is 433 g/mol. The van der Waals surface area contributed by atoms with Gasteiger partial charge in [0.2, 0.25) is 5.91 Å². The molecule has 2 aromatic heterocycles. The molecule has 4 heterocycles. The van der Waals surface area contributed by atoms with Crippen molar-refractivity contribution in [2.45, 2.75) is 12.8 Å². The van der Waals surface area contributed by atoms with E-state index in [0.717, 1.165) is 37.0 Å². The molecule has 0 aromatic carbocycles. The highest BCUT2D eigenvalue weighted by Gasteiger charge is 2.25. The number of ether oxygens (including phenoxy) is 2. The Kier molecular flexibility index (Phi) is 6.35. The van der Waals surface area contributed by atoms with Gasteiger partial charge in [0.1, 0.15) is 16.3 Å². The van der Waals surface area contributed by atoms with E-state index in [1.165, 1.54) is 11.3 Å². The predicted octanol–water partition coefficient (Wildman–Crippen LogP) is 1.07. The Morgan fingerprint density at radius 1 is 1.30 bits per heavy atom. The van der Waals surface area contributed by atoms with Crippen molar-refractivity contribution in [1.82, 2.24) is 9.88 Å². The largest absolute Gasteiger partial charge is 0.397 e. The Morgan fingerprint density at radius 3 is 2.87 bits per heavy atom. The van der Waals surface area contributed by atoms with Crippen LogP contribution in [0.2, 0.25) is 0 Å². The lowest BCUT2D eigenvalue weighted by atomic mass is 9.98. The smallest absolute Gasteiger partial charge is 0.260 e. The Bertz CT molecular complexity index is 927. The van der Waals surface area contributed by atoms with Gasteiger partial charge in [0.05, 0.1) is 36.6 Å². The Hall–Kier alpha value is -2.43. The standard InChI is InChI=1S/C20H27N5O4S/c21-17-16-14(3-4-23-20(16)30-18(17)19(22)27)25-5-1-2-13(10-25)11-29-12-15(26)24-6-8-28-9-7-24/h3-4,13H,1-2,5-12,21H2,(H2,22,27)/t13-/m0/s1. The number of morpholine rings is 1. The number of nitrogen functional groups attached to an aromatic ring is 1. The first-order chi connectivity index (χ1) is 14.5. The number of piperidine rings is 1. The predicted molar refractivity (Wildman–Crippen MR) is 116 cm³/mol. The molecule has 0 radical (unpaired) electrons. The quantitative estimate of drug-likeness (QED) is 0.698. The van der Waals surface area contributed by atoms with Crippen LogP contribution in [-0.4, -0.2) is 74.3 Å². The van der Waals surface area contributed by atoms with Crippen LogP contribution in [-0.2, 0) is 14.3 Å². The maximum atomic E-state index is 12.2. The first-order valence-corrected chi connectivity index (χ1v) is 11.0. The number of rotatable bonds is 6. The first kappa shape index (κ1) is 20.8. The summed E-state index contributed by atoms with van der Waals surface area (Å²) in [6, 6.07) is 1.93. The summed E-state index contributed by atoms with van der Waals surface area (Å²) in [7, 11) is 0. The van der Waals surface area contributed by atoms with E-state index in [2.05, 4.69) is 9.88 Å². The van der Waals surface area contributed by atoms with E-state index in [0.29, 0.717) is 54.2 Å². The second kappa shape index (κ2) is 9.15. The van der Waals surface area contributed by atoms with Crippen LogP contribution in [0.4, 0.5) is 11.4 Å². The third-order valence-corrected chi connectivity index (χ3v) is 6.76. The summed E-state index contributed by atoms with van der Waals surface area (Å²) in [5, 5.41) is 0.792. The third kappa shape index (κ3) is 4.35. The summed E-state index contributed by atoms with van der Waals surface area (Å²) in [6.45, 7) is 4.77. The van der Waals surface area contributed by atoms with E-state index in [1.807, 2.05) is 6.07 Å². The molecule has 0 saturated carbocycles. The molecule has 2 aliphatic heterocycles. The van der Waals surface area contributed by atoms with Crippen LogP contribution < -0.4 is 16.4 Å². The van der Waals surface area contributed by atoms with Gasteiger partial charge in [0.15, 0.2) is 0 Å². The van der Waals surface area contributed by atoms with Crippen molar-refractivity contribution in [3.8, 4) is 0 Å². The fourth-order valence-corrected chi connectivity index (χ4v) is 5.05. The molecule has 0 aliphatic carbocycles. The van der Waals surface area contributed by atoms with Crippen LogP contribution in [0, 0.1) is 5.92 Å². The fraction of sp³-hybridized carbons (Fsp3) is 0.550. The number of nitrogens with two attached hydrogens (primary N) is 2. The van der Waals surface area contributed by atoms with Gasteiger partial charge in [-0.1, -0.05) is 0 Å². The number of fused-ring (bicyclic) bond motifs is 1. The highest BCUT2D eigenvalue weighted by atomic mass is 32.1. The van der Waals surface area contributed by atoms with Gasteiger partial charge in [0, 0.05) is 32.4 Å². The van der Waals surface area contributed by atoms with Crippen molar-refractivity contribution in [3.05, 3.63) is 17.1 Å². The zero-order chi connectivity index (χ0) is 21.1. The normalized spacial score (nSPS) is 19.9. The maximum absolute atomic E-state index is 12.2. The van der Waals surface area contributed by atoms with E-state index < -0.39 is 5.91 Å². The van der Waals surface area contributed by atoms with Gasteiger partial charge in [-0.2, -0.15) is 0 Å². The van der Waals surface area contributed by atoms with Crippen molar-refractivity contribution in [1.29, 1.82) is 0 Å². The van der Waals surface area contributed by atoms with Gasteiger partial charge in [-0.25, -0.2) is 4.98 Å². The van der Waals surface area contributed by atoms with Crippen molar-refractivity contribution in [3.63, 3.8) is 0 Å². The number of thiophene rings is 1. The highest BCUT2D eigenvalue weighted by molar-refractivity contribution is 7.21. The number of primary amides is 1. The number of carbonyl (C=O) groups excluding carboxylic acids is 2. The molecule has 2 saturated heterocycles.